The molecule has 0 bridgehead atoms. The van der Waals surface area contributed by atoms with Crippen LogP contribution in [0.4, 0.5) is 16.4 Å². The van der Waals surface area contributed by atoms with E-state index < -0.39 is 11.5 Å². The topological polar surface area (TPSA) is 120 Å². The van der Waals surface area contributed by atoms with Gasteiger partial charge in [0.15, 0.2) is 0 Å². The molecule has 1 aromatic heterocycles. The lowest BCUT2D eigenvalue weighted by atomic mass is 10.1. The van der Waals surface area contributed by atoms with E-state index in [4.69, 9.17) is 15.2 Å². The van der Waals surface area contributed by atoms with Gasteiger partial charge in [-0.2, -0.15) is 0 Å². The summed E-state index contributed by atoms with van der Waals surface area (Å²) in [4.78, 5) is 34.3. The highest BCUT2D eigenvalue weighted by atomic mass is 79.9. The number of fused-ring (bicyclic) bond motifs is 1. The molecular formula is C25H28BrN5O4. The van der Waals surface area contributed by atoms with Crippen molar-refractivity contribution in [3.05, 3.63) is 52.6 Å². The molecule has 0 radical (unpaired) electrons. The second-order valence-corrected chi connectivity index (χ2v) is 10.2. The van der Waals surface area contributed by atoms with Gasteiger partial charge in [-0.25, -0.2) is 14.8 Å². The summed E-state index contributed by atoms with van der Waals surface area (Å²) in [5.74, 6) is 0.624. The molecule has 4 rings (SSSR count). The minimum Gasteiger partial charge on any atom is -0.489 e. The van der Waals surface area contributed by atoms with Crippen LogP contribution in [-0.2, 0) is 4.74 Å². The Morgan fingerprint density at radius 1 is 1.14 bits per heavy atom. The first-order valence-corrected chi connectivity index (χ1v) is 12.1. The number of hydrogen-bond acceptors (Lipinski definition) is 7. The Balaban J connectivity index is 1.43. The van der Waals surface area contributed by atoms with Gasteiger partial charge in [-0.3, -0.25) is 4.79 Å². The van der Waals surface area contributed by atoms with Gasteiger partial charge in [-0.05, 0) is 67.0 Å². The zero-order valence-electron chi connectivity index (χ0n) is 19.9. The molecule has 1 aliphatic heterocycles. The Morgan fingerprint density at radius 3 is 2.46 bits per heavy atom. The molecule has 2 amide bonds. The number of ether oxygens (including phenoxy) is 2. The number of nitrogens with zero attached hydrogens (tertiary/aromatic N) is 3. The summed E-state index contributed by atoms with van der Waals surface area (Å²) in [5.41, 5.74) is 6.67. The second-order valence-electron chi connectivity index (χ2n) is 9.39. The van der Waals surface area contributed by atoms with Crippen LogP contribution in [0.5, 0.6) is 5.75 Å². The second kappa shape index (κ2) is 10.1. The number of likely N-dealkylation sites (tertiary alicyclic amines) is 1. The van der Waals surface area contributed by atoms with E-state index in [9.17, 15) is 9.59 Å². The van der Waals surface area contributed by atoms with E-state index in [0.717, 1.165) is 21.1 Å². The lowest BCUT2D eigenvalue weighted by molar-refractivity contribution is 0.0126. The molecule has 1 saturated heterocycles. The number of carbonyl (C=O) groups is 2. The van der Waals surface area contributed by atoms with Crippen molar-refractivity contribution in [3.8, 4) is 5.75 Å². The maximum Gasteiger partial charge on any atom is 0.410 e. The summed E-state index contributed by atoms with van der Waals surface area (Å²) >= 11 is 3.58. The quantitative estimate of drug-likeness (QED) is 0.465. The molecule has 0 unspecified atom stereocenters. The fourth-order valence-corrected chi connectivity index (χ4v) is 4.15. The Labute approximate surface area is 212 Å². The van der Waals surface area contributed by atoms with Gasteiger partial charge in [0.2, 0.25) is 11.9 Å². The lowest BCUT2D eigenvalue weighted by Gasteiger charge is -2.33. The maximum absolute atomic E-state index is 12.3. The van der Waals surface area contributed by atoms with E-state index in [2.05, 4.69) is 31.2 Å². The van der Waals surface area contributed by atoms with Crippen molar-refractivity contribution in [3.63, 3.8) is 0 Å². The molecule has 2 heterocycles. The minimum atomic E-state index is -0.511. The van der Waals surface area contributed by atoms with Crippen LogP contribution >= 0.6 is 15.9 Å². The maximum atomic E-state index is 12.3. The fourth-order valence-electron chi connectivity index (χ4n) is 3.69. The summed E-state index contributed by atoms with van der Waals surface area (Å²) < 4.78 is 12.5. The highest BCUT2D eigenvalue weighted by Crippen LogP contribution is 2.32. The molecule has 3 aromatic rings. The first-order valence-electron chi connectivity index (χ1n) is 11.4. The average molecular weight is 542 g/mol. The number of nitrogens with one attached hydrogen (secondary N) is 1. The number of halogens is 1. The van der Waals surface area contributed by atoms with Crippen molar-refractivity contribution >= 4 is 50.5 Å². The van der Waals surface area contributed by atoms with Crippen LogP contribution in [0, 0.1) is 0 Å². The highest BCUT2D eigenvalue weighted by Gasteiger charge is 2.28. The van der Waals surface area contributed by atoms with Crippen molar-refractivity contribution < 1.29 is 19.1 Å². The van der Waals surface area contributed by atoms with Crippen LogP contribution in [0.1, 0.15) is 44.0 Å². The van der Waals surface area contributed by atoms with Gasteiger partial charge in [-0.15, -0.1) is 0 Å². The van der Waals surface area contributed by atoms with Gasteiger partial charge >= 0.3 is 6.09 Å². The number of hydrogen-bond donors (Lipinski definition) is 2. The van der Waals surface area contributed by atoms with E-state index >= 15 is 0 Å². The number of piperidine rings is 1. The molecule has 184 valence electrons. The van der Waals surface area contributed by atoms with Crippen LogP contribution in [0.2, 0.25) is 0 Å². The third-order valence-corrected chi connectivity index (χ3v) is 6.07. The molecule has 35 heavy (non-hydrogen) atoms. The van der Waals surface area contributed by atoms with Gasteiger partial charge in [0.1, 0.15) is 17.5 Å². The Bertz CT molecular complexity index is 1240. The average Bonchev–Trinajstić information content (AvgIpc) is 2.79. The summed E-state index contributed by atoms with van der Waals surface area (Å²) in [6.45, 7) is 6.75. The molecule has 0 spiro atoms. The highest BCUT2D eigenvalue weighted by molar-refractivity contribution is 9.10. The first kappa shape index (κ1) is 24.7. The predicted octanol–water partition coefficient (Wildman–Crippen LogP) is 5.01. The number of aromatic nitrogens is 2. The Morgan fingerprint density at radius 2 is 1.83 bits per heavy atom. The van der Waals surface area contributed by atoms with E-state index in [1.807, 2.05) is 32.9 Å². The summed E-state index contributed by atoms with van der Waals surface area (Å²) in [6, 6.07) is 10.6. The number of nitrogens with two attached hydrogens (primary N) is 1. The van der Waals surface area contributed by atoms with Gasteiger partial charge < -0.3 is 25.4 Å². The van der Waals surface area contributed by atoms with Gasteiger partial charge in [0.05, 0.1) is 9.99 Å². The monoisotopic (exact) mass is 541 g/mol. The Kier molecular flexibility index (Phi) is 7.11. The molecule has 0 saturated carbocycles. The van der Waals surface area contributed by atoms with Crippen LogP contribution in [0.25, 0.3) is 10.9 Å². The standard InChI is InChI=1S/C25H28BrN5O4/c1-25(2,3)35-24(33)31-10-8-18(9-11-31)34-21-13-20-16(12-19(21)26)14-28-23(30-20)29-17-6-4-15(5-7-17)22(27)32/h4-7,12-14,18H,8-11H2,1-3H3,(H2,27,32)(H,28,29,30). The SMILES string of the molecule is CC(C)(C)OC(=O)N1CCC(Oc2cc3nc(Nc4ccc(C(N)=O)cc4)ncc3cc2Br)CC1. The molecule has 9 nitrogen and oxygen atoms in total. The molecule has 0 aliphatic carbocycles. The fraction of sp³-hybridized carbons (Fsp3) is 0.360. The summed E-state index contributed by atoms with van der Waals surface area (Å²) in [6.07, 6.45) is 2.84. The molecule has 1 fully saturated rings. The Hall–Kier alpha value is -3.40. The normalized spacial score (nSPS) is 14.6. The van der Waals surface area contributed by atoms with Crippen LogP contribution in [-0.4, -0.2) is 51.7 Å². The molecule has 2 aromatic carbocycles. The van der Waals surface area contributed by atoms with Crippen molar-refractivity contribution in [2.45, 2.75) is 45.3 Å². The van der Waals surface area contributed by atoms with E-state index in [-0.39, 0.29) is 12.2 Å². The third-order valence-electron chi connectivity index (χ3n) is 5.45. The number of benzene rings is 2. The summed E-state index contributed by atoms with van der Waals surface area (Å²) in [7, 11) is 0. The van der Waals surface area contributed by atoms with Crippen molar-refractivity contribution in [1.29, 1.82) is 0 Å². The first-order chi connectivity index (χ1) is 16.6. The van der Waals surface area contributed by atoms with Crippen molar-refractivity contribution in [2.75, 3.05) is 18.4 Å². The largest absolute Gasteiger partial charge is 0.489 e. The zero-order valence-corrected chi connectivity index (χ0v) is 21.5. The third kappa shape index (κ3) is 6.39. The lowest BCUT2D eigenvalue weighted by Crippen LogP contribution is -2.44. The molecule has 3 N–H and O–H groups in total. The minimum absolute atomic E-state index is 0.0226. The number of carbonyl (C=O) groups excluding carboxylic acids is 2. The van der Waals surface area contributed by atoms with Gasteiger partial charge in [0.25, 0.3) is 0 Å². The van der Waals surface area contributed by atoms with E-state index in [1.165, 1.54) is 0 Å². The van der Waals surface area contributed by atoms with E-state index in [1.54, 1.807) is 35.4 Å². The van der Waals surface area contributed by atoms with Crippen LogP contribution < -0.4 is 15.8 Å². The van der Waals surface area contributed by atoms with Crippen molar-refractivity contribution in [2.24, 2.45) is 5.73 Å². The summed E-state index contributed by atoms with van der Waals surface area (Å²) in [5, 5.41) is 3.99. The van der Waals surface area contributed by atoms with Crippen LogP contribution in [0.15, 0.2) is 47.1 Å². The van der Waals surface area contributed by atoms with Crippen LogP contribution in [0.3, 0.4) is 0 Å². The predicted molar refractivity (Wildman–Crippen MR) is 137 cm³/mol. The van der Waals surface area contributed by atoms with E-state index in [0.29, 0.717) is 43.2 Å². The van der Waals surface area contributed by atoms with Gasteiger partial charge in [0, 0.05) is 54.8 Å². The number of primary amides is 1. The molecule has 10 heteroatoms. The molecular weight excluding hydrogens is 514 g/mol. The number of amides is 2. The van der Waals surface area contributed by atoms with Gasteiger partial charge in [-0.1, -0.05) is 0 Å². The van der Waals surface area contributed by atoms with Crippen molar-refractivity contribution in [1.82, 2.24) is 14.9 Å². The smallest absolute Gasteiger partial charge is 0.410 e. The number of anilines is 2. The molecule has 1 aliphatic rings. The number of rotatable bonds is 5. The zero-order chi connectivity index (χ0) is 25.2. The molecule has 0 atom stereocenters.